The molecule has 1 amide bonds. The van der Waals surface area contributed by atoms with Gasteiger partial charge >= 0.3 is 0 Å². The molecule has 7 heteroatoms. The second-order valence-electron chi connectivity index (χ2n) is 6.93. The van der Waals surface area contributed by atoms with Gasteiger partial charge in [0.15, 0.2) is 0 Å². The lowest BCUT2D eigenvalue weighted by atomic mass is 10.1. The minimum atomic E-state index is -0.231. The lowest BCUT2D eigenvalue weighted by Crippen LogP contribution is -2.28. The number of carbonyl (C=O) groups excluding carboxylic acids is 1. The van der Waals surface area contributed by atoms with Crippen molar-refractivity contribution in [1.29, 1.82) is 0 Å². The monoisotopic (exact) mass is 445 g/mol. The normalized spacial score (nSPS) is 14.0. The molecular weight excluding hydrogens is 426 g/mol. The van der Waals surface area contributed by atoms with Crippen molar-refractivity contribution in [1.82, 2.24) is 9.55 Å². The van der Waals surface area contributed by atoms with Gasteiger partial charge in [-0.05, 0) is 61.9 Å². The summed E-state index contributed by atoms with van der Waals surface area (Å²) in [4.78, 5) is 32.1. The van der Waals surface area contributed by atoms with Crippen molar-refractivity contribution in [2.45, 2.75) is 45.6 Å². The standard InChI is InChI=1S/C20H20BrN3O2S/c1-12-9-13(21)7-8-15(12)23-17(25)10-24-11-22-19-18(20(24)26)14-5-3-2-4-6-16(14)27-19/h7-9,11H,2-6,10H2,1H3,(H,23,25). The molecule has 0 unspecified atom stereocenters. The van der Waals surface area contributed by atoms with E-state index in [1.54, 1.807) is 11.3 Å². The number of rotatable bonds is 3. The molecule has 0 fully saturated rings. The van der Waals surface area contributed by atoms with Crippen molar-refractivity contribution in [2.75, 3.05) is 5.32 Å². The van der Waals surface area contributed by atoms with E-state index in [0.717, 1.165) is 45.4 Å². The molecule has 140 valence electrons. The van der Waals surface area contributed by atoms with Crippen molar-refractivity contribution < 1.29 is 4.79 Å². The predicted octanol–water partition coefficient (Wildman–Crippen LogP) is 4.44. The van der Waals surface area contributed by atoms with Crippen LogP contribution >= 0.6 is 27.3 Å². The fourth-order valence-corrected chi connectivity index (χ4v) is 5.28. The van der Waals surface area contributed by atoms with Gasteiger partial charge in [0.05, 0.1) is 11.7 Å². The summed E-state index contributed by atoms with van der Waals surface area (Å²) in [7, 11) is 0. The Morgan fingerprint density at radius 1 is 1.30 bits per heavy atom. The molecule has 1 aliphatic carbocycles. The van der Waals surface area contributed by atoms with Gasteiger partial charge in [0.1, 0.15) is 11.4 Å². The summed E-state index contributed by atoms with van der Waals surface area (Å²) in [6, 6.07) is 5.67. The van der Waals surface area contributed by atoms with Crippen LogP contribution in [0.2, 0.25) is 0 Å². The van der Waals surface area contributed by atoms with E-state index in [1.807, 2.05) is 25.1 Å². The highest BCUT2D eigenvalue weighted by molar-refractivity contribution is 9.10. The number of hydrogen-bond acceptors (Lipinski definition) is 4. The zero-order chi connectivity index (χ0) is 19.0. The highest BCUT2D eigenvalue weighted by atomic mass is 79.9. The number of halogens is 1. The summed E-state index contributed by atoms with van der Waals surface area (Å²) < 4.78 is 2.38. The summed E-state index contributed by atoms with van der Waals surface area (Å²) in [6.45, 7) is 1.89. The third kappa shape index (κ3) is 3.71. The van der Waals surface area contributed by atoms with Crippen molar-refractivity contribution in [2.24, 2.45) is 0 Å². The maximum absolute atomic E-state index is 13.0. The molecule has 0 aliphatic heterocycles. The molecule has 0 atom stereocenters. The molecule has 0 saturated carbocycles. The van der Waals surface area contributed by atoms with Gasteiger partial charge in [0.25, 0.3) is 5.56 Å². The molecule has 3 aromatic rings. The number of anilines is 1. The Morgan fingerprint density at radius 3 is 2.93 bits per heavy atom. The Kier molecular flexibility index (Phi) is 5.14. The first kappa shape index (κ1) is 18.4. The molecule has 0 saturated heterocycles. The number of thiophene rings is 1. The van der Waals surface area contributed by atoms with Crippen LogP contribution < -0.4 is 10.9 Å². The van der Waals surface area contributed by atoms with Gasteiger partial charge in [-0.3, -0.25) is 14.2 Å². The zero-order valence-electron chi connectivity index (χ0n) is 15.0. The topological polar surface area (TPSA) is 64.0 Å². The van der Waals surface area contributed by atoms with Gasteiger partial charge in [-0.1, -0.05) is 22.4 Å². The maximum Gasteiger partial charge on any atom is 0.262 e. The van der Waals surface area contributed by atoms with Gasteiger partial charge in [0.2, 0.25) is 5.91 Å². The number of aromatic nitrogens is 2. The van der Waals surface area contributed by atoms with Crippen LogP contribution in [0.15, 0.2) is 33.8 Å². The van der Waals surface area contributed by atoms with E-state index in [2.05, 4.69) is 26.2 Å². The van der Waals surface area contributed by atoms with Crippen molar-refractivity contribution in [3.05, 3.63) is 55.4 Å². The Morgan fingerprint density at radius 2 is 2.11 bits per heavy atom. The van der Waals surface area contributed by atoms with E-state index >= 15 is 0 Å². The number of nitrogens with zero attached hydrogens (tertiary/aromatic N) is 2. The molecular formula is C20H20BrN3O2S. The smallest absolute Gasteiger partial charge is 0.262 e. The SMILES string of the molecule is Cc1cc(Br)ccc1NC(=O)Cn1cnc2sc3c(c2c1=O)CCCCC3. The Balaban J connectivity index is 1.62. The quantitative estimate of drug-likeness (QED) is 0.606. The minimum Gasteiger partial charge on any atom is -0.324 e. The number of nitrogens with one attached hydrogen (secondary N) is 1. The number of fused-ring (bicyclic) bond motifs is 3. The van der Waals surface area contributed by atoms with Gasteiger partial charge in [-0.15, -0.1) is 11.3 Å². The zero-order valence-corrected chi connectivity index (χ0v) is 17.5. The average molecular weight is 446 g/mol. The maximum atomic E-state index is 13.0. The van der Waals surface area contributed by atoms with Crippen LogP contribution in [0, 0.1) is 6.92 Å². The Bertz CT molecular complexity index is 1090. The van der Waals surface area contributed by atoms with E-state index in [0.29, 0.717) is 5.39 Å². The van der Waals surface area contributed by atoms with Crippen LogP contribution in [-0.4, -0.2) is 15.5 Å². The second-order valence-corrected chi connectivity index (χ2v) is 8.93. The molecule has 1 aromatic carbocycles. The van der Waals surface area contributed by atoms with Gasteiger partial charge in [-0.2, -0.15) is 0 Å². The van der Waals surface area contributed by atoms with Crippen molar-refractivity contribution >= 4 is 49.1 Å². The number of amides is 1. The van der Waals surface area contributed by atoms with Crippen LogP contribution in [0.4, 0.5) is 5.69 Å². The number of carbonyl (C=O) groups is 1. The van der Waals surface area contributed by atoms with E-state index in [9.17, 15) is 9.59 Å². The van der Waals surface area contributed by atoms with Crippen LogP contribution in [-0.2, 0) is 24.2 Å². The summed E-state index contributed by atoms with van der Waals surface area (Å²) in [5.74, 6) is -0.231. The first-order chi connectivity index (χ1) is 13.0. The Labute approximate surface area is 169 Å². The fraction of sp³-hybridized carbons (Fsp3) is 0.350. The lowest BCUT2D eigenvalue weighted by molar-refractivity contribution is -0.116. The molecule has 0 bridgehead atoms. The first-order valence-electron chi connectivity index (χ1n) is 9.08. The molecule has 27 heavy (non-hydrogen) atoms. The molecule has 1 N–H and O–H groups in total. The third-order valence-electron chi connectivity index (χ3n) is 4.97. The highest BCUT2D eigenvalue weighted by Crippen LogP contribution is 2.32. The van der Waals surface area contributed by atoms with Gasteiger partial charge < -0.3 is 5.32 Å². The molecule has 0 radical (unpaired) electrons. The van der Waals surface area contributed by atoms with E-state index in [-0.39, 0.29) is 18.0 Å². The van der Waals surface area contributed by atoms with Gasteiger partial charge in [-0.25, -0.2) is 4.98 Å². The van der Waals surface area contributed by atoms with Crippen LogP contribution in [0.5, 0.6) is 0 Å². The lowest BCUT2D eigenvalue weighted by Gasteiger charge is -2.10. The van der Waals surface area contributed by atoms with Crippen LogP contribution in [0.1, 0.15) is 35.3 Å². The molecule has 5 nitrogen and oxygen atoms in total. The molecule has 1 aliphatic rings. The number of aryl methyl sites for hydroxylation is 3. The van der Waals surface area contributed by atoms with Crippen LogP contribution in [0.3, 0.4) is 0 Å². The third-order valence-corrected chi connectivity index (χ3v) is 6.66. The van der Waals surface area contributed by atoms with E-state index < -0.39 is 0 Å². The van der Waals surface area contributed by atoms with E-state index in [1.165, 1.54) is 28.6 Å². The van der Waals surface area contributed by atoms with Gasteiger partial charge in [0, 0.05) is 15.0 Å². The van der Waals surface area contributed by atoms with E-state index in [4.69, 9.17) is 0 Å². The molecule has 2 heterocycles. The molecule has 0 spiro atoms. The molecule has 4 rings (SSSR count). The van der Waals surface area contributed by atoms with Crippen LogP contribution in [0.25, 0.3) is 10.2 Å². The van der Waals surface area contributed by atoms with Crippen molar-refractivity contribution in [3.8, 4) is 0 Å². The summed E-state index contributed by atoms with van der Waals surface area (Å²) in [5.41, 5.74) is 2.75. The molecule has 2 aromatic heterocycles. The number of hydrogen-bond donors (Lipinski definition) is 1. The summed E-state index contributed by atoms with van der Waals surface area (Å²) in [5, 5.41) is 3.60. The first-order valence-corrected chi connectivity index (χ1v) is 10.7. The summed E-state index contributed by atoms with van der Waals surface area (Å²) in [6.07, 6.45) is 6.93. The second kappa shape index (κ2) is 7.56. The Hall–Kier alpha value is -1.99. The van der Waals surface area contributed by atoms with Crippen molar-refractivity contribution in [3.63, 3.8) is 0 Å². The predicted molar refractivity (Wildman–Crippen MR) is 113 cm³/mol. The highest BCUT2D eigenvalue weighted by Gasteiger charge is 2.19. The largest absolute Gasteiger partial charge is 0.324 e. The fourth-order valence-electron chi connectivity index (χ4n) is 3.58. The minimum absolute atomic E-state index is 0.0398. The average Bonchev–Trinajstić information content (AvgIpc) is 2.82. The number of benzene rings is 1. The summed E-state index contributed by atoms with van der Waals surface area (Å²) >= 11 is 5.05.